The first-order chi connectivity index (χ1) is 12.0. The molecule has 1 atom stereocenters. The number of ether oxygens (including phenoxy) is 2. The molecule has 0 spiro atoms. The second-order valence-electron chi connectivity index (χ2n) is 6.09. The van der Waals surface area contributed by atoms with E-state index in [1.807, 2.05) is 18.9 Å². The largest absolute Gasteiger partial charge is 0.454 e. The number of rotatable bonds is 6. The number of hydrogen-bond acceptors (Lipinski definition) is 4. The number of nitrogens with one attached hydrogen (secondary N) is 1. The van der Waals surface area contributed by atoms with E-state index < -0.39 is 0 Å². The van der Waals surface area contributed by atoms with Crippen LogP contribution >= 0.6 is 0 Å². The van der Waals surface area contributed by atoms with Gasteiger partial charge >= 0.3 is 0 Å². The lowest BCUT2D eigenvalue weighted by molar-refractivity contribution is -0.120. The van der Waals surface area contributed by atoms with E-state index in [0.717, 1.165) is 12.0 Å². The minimum Gasteiger partial charge on any atom is -0.454 e. The molecule has 1 aliphatic heterocycles. The zero-order valence-electron chi connectivity index (χ0n) is 14.3. The minimum absolute atomic E-state index is 0.0968. The molecule has 1 aliphatic rings. The monoisotopic (exact) mass is 344 g/mol. The highest BCUT2D eigenvalue weighted by Crippen LogP contribution is 2.34. The summed E-state index contributed by atoms with van der Waals surface area (Å²) >= 11 is 0. The normalized spacial score (nSPS) is 13.8. The van der Waals surface area contributed by atoms with E-state index in [0.29, 0.717) is 23.7 Å². The summed E-state index contributed by atoms with van der Waals surface area (Å²) in [6, 6.07) is 11.5. The predicted octanol–water partition coefficient (Wildman–Crippen LogP) is 3.06. The predicted molar refractivity (Wildman–Crippen MR) is 93.4 cm³/mol. The molecular weight excluding hydrogens is 323 g/mol. The molecular formula is C19H21FN2O3. The molecule has 0 bridgehead atoms. The fourth-order valence-corrected chi connectivity index (χ4v) is 2.57. The van der Waals surface area contributed by atoms with E-state index in [-0.39, 0.29) is 24.6 Å². The molecule has 0 radical (unpaired) electrons. The first kappa shape index (κ1) is 17.2. The van der Waals surface area contributed by atoms with Gasteiger partial charge in [-0.15, -0.1) is 0 Å². The second kappa shape index (κ2) is 7.53. The van der Waals surface area contributed by atoms with Crippen LogP contribution in [0.5, 0.6) is 11.5 Å². The molecule has 5 nitrogen and oxygen atoms in total. The summed E-state index contributed by atoms with van der Waals surface area (Å²) in [4.78, 5) is 14.4. The van der Waals surface area contributed by atoms with Gasteiger partial charge in [0.2, 0.25) is 12.7 Å². The Hall–Kier alpha value is -2.60. The van der Waals surface area contributed by atoms with Crippen molar-refractivity contribution < 1.29 is 18.7 Å². The zero-order chi connectivity index (χ0) is 17.8. The Bertz CT molecular complexity index is 749. The standard InChI is InChI=1S/C19H21FN2O3/c1-13(22(2)10-9-14-3-5-15(20)6-4-14)19(23)21-16-7-8-17-18(11-16)25-12-24-17/h3-8,11,13H,9-10,12H2,1-2H3,(H,21,23). The molecule has 2 aromatic carbocycles. The third kappa shape index (κ3) is 4.28. The molecule has 0 saturated carbocycles. The van der Waals surface area contributed by atoms with Crippen LogP contribution in [0.1, 0.15) is 12.5 Å². The van der Waals surface area contributed by atoms with Crippen molar-refractivity contribution in [1.82, 2.24) is 4.90 Å². The van der Waals surface area contributed by atoms with Gasteiger partial charge in [-0.3, -0.25) is 9.69 Å². The minimum atomic E-state index is -0.300. The summed E-state index contributed by atoms with van der Waals surface area (Å²) in [5, 5.41) is 2.89. The number of likely N-dealkylation sites (N-methyl/N-ethyl adjacent to an activating group) is 1. The first-order valence-electron chi connectivity index (χ1n) is 8.18. The fraction of sp³-hybridized carbons (Fsp3) is 0.316. The average molecular weight is 344 g/mol. The molecule has 2 aromatic rings. The van der Waals surface area contributed by atoms with Crippen molar-refractivity contribution in [3.8, 4) is 11.5 Å². The van der Waals surface area contributed by atoms with Gasteiger partial charge in [-0.1, -0.05) is 12.1 Å². The molecule has 0 aromatic heterocycles. The lowest BCUT2D eigenvalue weighted by atomic mass is 10.1. The smallest absolute Gasteiger partial charge is 0.241 e. The second-order valence-corrected chi connectivity index (χ2v) is 6.09. The van der Waals surface area contributed by atoms with Crippen molar-refractivity contribution in [2.45, 2.75) is 19.4 Å². The quantitative estimate of drug-likeness (QED) is 0.875. The number of nitrogens with zero attached hydrogens (tertiary/aromatic N) is 1. The molecule has 1 amide bonds. The Labute approximate surface area is 146 Å². The molecule has 25 heavy (non-hydrogen) atoms. The fourth-order valence-electron chi connectivity index (χ4n) is 2.57. The summed E-state index contributed by atoms with van der Waals surface area (Å²) in [6.07, 6.45) is 0.748. The number of fused-ring (bicyclic) bond motifs is 1. The number of anilines is 1. The Morgan fingerprint density at radius 3 is 2.68 bits per heavy atom. The third-order valence-corrected chi connectivity index (χ3v) is 4.35. The van der Waals surface area contributed by atoms with Crippen molar-refractivity contribution in [2.75, 3.05) is 25.7 Å². The van der Waals surface area contributed by atoms with Crippen LogP contribution in [0.3, 0.4) is 0 Å². The van der Waals surface area contributed by atoms with Crippen LogP contribution in [0.25, 0.3) is 0 Å². The Morgan fingerprint density at radius 1 is 1.20 bits per heavy atom. The lowest BCUT2D eigenvalue weighted by Gasteiger charge is -2.24. The molecule has 132 valence electrons. The number of amides is 1. The van der Waals surface area contributed by atoms with Gasteiger partial charge < -0.3 is 14.8 Å². The number of carbonyl (C=O) groups is 1. The van der Waals surface area contributed by atoms with E-state index in [1.165, 1.54) is 12.1 Å². The summed E-state index contributed by atoms with van der Waals surface area (Å²) in [5.74, 6) is 0.978. The molecule has 0 saturated heterocycles. The highest BCUT2D eigenvalue weighted by molar-refractivity contribution is 5.94. The lowest BCUT2D eigenvalue weighted by Crippen LogP contribution is -2.40. The molecule has 1 N–H and O–H groups in total. The molecule has 6 heteroatoms. The van der Waals surface area contributed by atoms with Crippen LogP contribution < -0.4 is 14.8 Å². The van der Waals surface area contributed by atoms with Gasteiger partial charge in [-0.2, -0.15) is 0 Å². The molecule has 1 unspecified atom stereocenters. The maximum absolute atomic E-state index is 12.9. The maximum Gasteiger partial charge on any atom is 0.241 e. The van der Waals surface area contributed by atoms with Gasteiger partial charge in [-0.05, 0) is 50.2 Å². The van der Waals surface area contributed by atoms with Crippen LogP contribution in [0, 0.1) is 5.82 Å². The van der Waals surface area contributed by atoms with E-state index in [9.17, 15) is 9.18 Å². The average Bonchev–Trinajstić information content (AvgIpc) is 3.08. The highest BCUT2D eigenvalue weighted by Gasteiger charge is 2.19. The van der Waals surface area contributed by atoms with Gasteiger partial charge in [0.1, 0.15) is 5.82 Å². The zero-order valence-corrected chi connectivity index (χ0v) is 14.3. The number of carbonyl (C=O) groups excluding carboxylic acids is 1. The van der Waals surface area contributed by atoms with Crippen molar-refractivity contribution in [3.05, 3.63) is 53.8 Å². The van der Waals surface area contributed by atoms with Crippen molar-refractivity contribution >= 4 is 11.6 Å². The van der Waals surface area contributed by atoms with Crippen molar-refractivity contribution in [3.63, 3.8) is 0 Å². The van der Waals surface area contributed by atoms with Gasteiger partial charge in [0.15, 0.2) is 11.5 Å². The van der Waals surface area contributed by atoms with Crippen LogP contribution in [-0.4, -0.2) is 37.2 Å². The van der Waals surface area contributed by atoms with E-state index in [4.69, 9.17) is 9.47 Å². The summed E-state index contributed by atoms with van der Waals surface area (Å²) in [7, 11) is 1.90. The van der Waals surface area contributed by atoms with Gasteiger partial charge in [-0.25, -0.2) is 4.39 Å². The third-order valence-electron chi connectivity index (χ3n) is 4.35. The Balaban J connectivity index is 1.53. The first-order valence-corrected chi connectivity index (χ1v) is 8.18. The van der Waals surface area contributed by atoms with Crippen molar-refractivity contribution in [2.24, 2.45) is 0 Å². The summed E-state index contributed by atoms with van der Waals surface area (Å²) < 4.78 is 23.5. The van der Waals surface area contributed by atoms with Crippen LogP contribution in [0.15, 0.2) is 42.5 Å². The van der Waals surface area contributed by atoms with E-state index in [2.05, 4.69) is 5.32 Å². The van der Waals surface area contributed by atoms with E-state index >= 15 is 0 Å². The van der Waals surface area contributed by atoms with Crippen LogP contribution in [0.4, 0.5) is 10.1 Å². The molecule has 1 heterocycles. The van der Waals surface area contributed by atoms with Crippen molar-refractivity contribution in [1.29, 1.82) is 0 Å². The van der Waals surface area contributed by atoms with E-state index in [1.54, 1.807) is 30.3 Å². The Kier molecular flexibility index (Phi) is 5.19. The van der Waals surface area contributed by atoms with Crippen LogP contribution in [0.2, 0.25) is 0 Å². The topological polar surface area (TPSA) is 50.8 Å². The molecule has 0 fully saturated rings. The maximum atomic E-state index is 12.9. The Morgan fingerprint density at radius 2 is 1.92 bits per heavy atom. The summed E-state index contributed by atoms with van der Waals surface area (Å²) in [5.41, 5.74) is 1.71. The number of benzene rings is 2. The SMILES string of the molecule is CC(C(=O)Nc1ccc2c(c1)OCO2)N(C)CCc1ccc(F)cc1. The number of halogens is 1. The van der Waals surface area contributed by atoms with Gasteiger partial charge in [0.05, 0.1) is 6.04 Å². The highest BCUT2D eigenvalue weighted by atomic mass is 19.1. The molecule has 3 rings (SSSR count). The summed E-state index contributed by atoms with van der Waals surface area (Å²) in [6.45, 7) is 2.75. The van der Waals surface area contributed by atoms with Gasteiger partial charge in [0, 0.05) is 18.3 Å². The van der Waals surface area contributed by atoms with Gasteiger partial charge in [0.25, 0.3) is 0 Å². The molecule has 0 aliphatic carbocycles. The number of hydrogen-bond donors (Lipinski definition) is 1. The van der Waals surface area contributed by atoms with Crippen LogP contribution in [-0.2, 0) is 11.2 Å².